The highest BCUT2D eigenvalue weighted by atomic mass is 28.1. The van der Waals surface area contributed by atoms with E-state index in [0.29, 0.717) is 0 Å². The predicted molar refractivity (Wildman–Crippen MR) is 44.9 cm³/mol. The topological polar surface area (TPSA) is 26.3 Å². The molecule has 1 atom stereocenters. The van der Waals surface area contributed by atoms with Gasteiger partial charge in [0.15, 0.2) is 0 Å². The lowest BCUT2D eigenvalue weighted by atomic mass is 10.3. The van der Waals surface area contributed by atoms with Crippen molar-refractivity contribution < 1.29 is 9.53 Å². The molecule has 0 N–H and O–H groups in total. The van der Waals surface area contributed by atoms with E-state index >= 15 is 0 Å². The Morgan fingerprint density at radius 3 is 2.90 bits per heavy atom. The second-order valence-electron chi connectivity index (χ2n) is 2.24. The first kappa shape index (κ1) is 9.43. The largest absolute Gasteiger partial charge is 0.464 e. The summed E-state index contributed by atoms with van der Waals surface area (Å²) < 4.78 is 4.94. The fourth-order valence-corrected chi connectivity index (χ4v) is 1.52. The molecule has 0 heterocycles. The van der Waals surface area contributed by atoms with Crippen molar-refractivity contribution in [3.05, 3.63) is 12.7 Å². The maximum atomic E-state index is 10.6. The molecule has 0 radical (unpaired) electrons. The van der Waals surface area contributed by atoms with Gasteiger partial charge in [0.25, 0.3) is 0 Å². The molecule has 0 amide bonds. The molecular weight excluding hydrogens is 144 g/mol. The van der Waals surface area contributed by atoms with Crippen molar-refractivity contribution in [2.45, 2.75) is 25.5 Å². The zero-order valence-electron chi connectivity index (χ0n) is 6.59. The van der Waals surface area contributed by atoms with Crippen LogP contribution in [-0.4, -0.2) is 21.9 Å². The number of carbonyl (C=O) groups is 1. The molecule has 0 aliphatic carbocycles. The molecule has 1 unspecified atom stereocenters. The van der Waals surface area contributed by atoms with Crippen LogP contribution in [0.15, 0.2) is 12.7 Å². The third kappa shape index (κ3) is 4.32. The van der Waals surface area contributed by atoms with E-state index < -0.39 is 0 Å². The maximum Gasteiger partial charge on any atom is 0.330 e. The van der Waals surface area contributed by atoms with Crippen LogP contribution >= 0.6 is 0 Å². The van der Waals surface area contributed by atoms with Crippen molar-refractivity contribution in [2.24, 2.45) is 0 Å². The van der Waals surface area contributed by atoms with Gasteiger partial charge in [-0.05, 0) is 6.42 Å². The summed E-state index contributed by atoms with van der Waals surface area (Å²) >= 11 is 0. The standard InChI is InChI=1S/C7H14O2Si/c1-3-5-7(10)9-6(8)4-2/h4,7H,2-3,5H2,1,10H3. The van der Waals surface area contributed by atoms with Gasteiger partial charge in [-0.15, -0.1) is 0 Å². The van der Waals surface area contributed by atoms with Gasteiger partial charge in [0, 0.05) is 6.08 Å². The lowest BCUT2D eigenvalue weighted by Gasteiger charge is -2.09. The summed E-state index contributed by atoms with van der Waals surface area (Å²) in [6, 6.07) is 0. The lowest BCUT2D eigenvalue weighted by molar-refractivity contribution is -0.139. The molecule has 0 saturated heterocycles. The average Bonchev–Trinajstić information content (AvgIpc) is 1.88. The molecule has 0 aromatic heterocycles. The first-order valence-electron chi connectivity index (χ1n) is 3.53. The van der Waals surface area contributed by atoms with Crippen LogP contribution in [0, 0.1) is 0 Å². The Hall–Kier alpha value is -0.573. The third-order valence-electron chi connectivity index (χ3n) is 1.18. The summed E-state index contributed by atoms with van der Waals surface area (Å²) in [5.41, 5.74) is 0.162. The molecule has 10 heavy (non-hydrogen) atoms. The number of esters is 1. The van der Waals surface area contributed by atoms with E-state index in [-0.39, 0.29) is 11.7 Å². The third-order valence-corrected chi connectivity index (χ3v) is 1.99. The number of hydrogen-bond acceptors (Lipinski definition) is 2. The quantitative estimate of drug-likeness (QED) is 0.332. The van der Waals surface area contributed by atoms with Gasteiger partial charge >= 0.3 is 5.97 Å². The van der Waals surface area contributed by atoms with E-state index in [0.717, 1.165) is 23.1 Å². The predicted octanol–water partition coefficient (Wildman–Crippen LogP) is 0.207. The molecule has 0 spiro atoms. The van der Waals surface area contributed by atoms with Crippen molar-refractivity contribution >= 4 is 16.2 Å². The minimum atomic E-state index is -0.298. The van der Waals surface area contributed by atoms with Gasteiger partial charge < -0.3 is 4.74 Å². The summed E-state index contributed by atoms with van der Waals surface area (Å²) in [6.07, 6.45) is 3.25. The first-order chi connectivity index (χ1) is 4.70. The Morgan fingerprint density at radius 2 is 2.50 bits per heavy atom. The highest BCUT2D eigenvalue weighted by Gasteiger charge is 2.03. The summed E-state index contributed by atoms with van der Waals surface area (Å²) in [5.74, 6) is -0.298. The van der Waals surface area contributed by atoms with E-state index in [9.17, 15) is 4.79 Å². The monoisotopic (exact) mass is 158 g/mol. The molecule has 0 rings (SSSR count). The molecule has 0 fully saturated rings. The molecule has 0 bridgehead atoms. The van der Waals surface area contributed by atoms with Crippen LogP contribution in [0.5, 0.6) is 0 Å². The Morgan fingerprint density at radius 1 is 1.90 bits per heavy atom. The fraction of sp³-hybridized carbons (Fsp3) is 0.571. The highest BCUT2D eigenvalue weighted by Crippen LogP contribution is 1.97. The molecule has 0 aliphatic rings. The summed E-state index contributed by atoms with van der Waals surface area (Å²) in [6.45, 7) is 5.39. The van der Waals surface area contributed by atoms with E-state index in [2.05, 4.69) is 13.5 Å². The van der Waals surface area contributed by atoms with Gasteiger partial charge in [-0.25, -0.2) is 4.79 Å². The molecule has 0 saturated carbocycles. The van der Waals surface area contributed by atoms with Crippen LogP contribution in [0.4, 0.5) is 0 Å². The smallest absolute Gasteiger partial charge is 0.330 e. The van der Waals surface area contributed by atoms with E-state index in [1.165, 1.54) is 6.08 Å². The van der Waals surface area contributed by atoms with Crippen LogP contribution < -0.4 is 0 Å². The van der Waals surface area contributed by atoms with Crippen molar-refractivity contribution in [1.29, 1.82) is 0 Å². The minimum absolute atomic E-state index is 0.162. The number of hydrogen-bond donors (Lipinski definition) is 0. The van der Waals surface area contributed by atoms with Gasteiger partial charge in [0.05, 0.1) is 16.0 Å². The zero-order chi connectivity index (χ0) is 7.98. The van der Waals surface area contributed by atoms with Crippen molar-refractivity contribution in [3.63, 3.8) is 0 Å². The summed E-state index contributed by atoms with van der Waals surface area (Å²) in [7, 11) is 0.910. The van der Waals surface area contributed by atoms with E-state index in [4.69, 9.17) is 4.74 Å². The summed E-state index contributed by atoms with van der Waals surface area (Å²) in [5, 5.41) is 0. The molecule has 2 nitrogen and oxygen atoms in total. The molecule has 0 aromatic rings. The van der Waals surface area contributed by atoms with Crippen molar-refractivity contribution in [3.8, 4) is 0 Å². The normalized spacial score (nSPS) is 12.5. The van der Waals surface area contributed by atoms with Gasteiger partial charge in [-0.3, -0.25) is 0 Å². The Kier molecular flexibility index (Phi) is 4.93. The molecular formula is C7H14O2Si. The van der Waals surface area contributed by atoms with Crippen LogP contribution in [0.1, 0.15) is 19.8 Å². The Bertz CT molecular complexity index is 123. The first-order valence-corrected chi connectivity index (χ1v) is 4.69. The highest BCUT2D eigenvalue weighted by molar-refractivity contribution is 6.11. The van der Waals surface area contributed by atoms with Crippen LogP contribution in [0.3, 0.4) is 0 Å². The second-order valence-corrected chi connectivity index (χ2v) is 3.53. The Balaban J connectivity index is 3.46. The molecule has 3 heteroatoms. The SMILES string of the molecule is C=CC(=O)OC([SiH3])CCC. The van der Waals surface area contributed by atoms with Gasteiger partial charge in [0.2, 0.25) is 0 Å². The van der Waals surface area contributed by atoms with Crippen molar-refractivity contribution in [1.82, 2.24) is 0 Å². The molecule has 0 aromatic carbocycles. The fourth-order valence-electron chi connectivity index (χ4n) is 0.712. The molecule has 58 valence electrons. The van der Waals surface area contributed by atoms with Gasteiger partial charge in [-0.2, -0.15) is 0 Å². The Labute approximate surface area is 64.7 Å². The zero-order valence-corrected chi connectivity index (χ0v) is 8.59. The van der Waals surface area contributed by atoms with Crippen molar-refractivity contribution in [2.75, 3.05) is 0 Å². The number of carbonyl (C=O) groups excluding carboxylic acids is 1. The average molecular weight is 158 g/mol. The van der Waals surface area contributed by atoms with E-state index in [1.807, 2.05) is 0 Å². The van der Waals surface area contributed by atoms with Gasteiger partial charge in [0.1, 0.15) is 0 Å². The van der Waals surface area contributed by atoms with E-state index in [1.54, 1.807) is 0 Å². The van der Waals surface area contributed by atoms with Gasteiger partial charge in [-0.1, -0.05) is 19.9 Å². The molecule has 0 aliphatic heterocycles. The summed E-state index contributed by atoms with van der Waals surface area (Å²) in [4.78, 5) is 10.6. The lowest BCUT2D eigenvalue weighted by Crippen LogP contribution is -2.15. The van der Waals surface area contributed by atoms with Crippen LogP contribution in [-0.2, 0) is 9.53 Å². The maximum absolute atomic E-state index is 10.6. The van der Waals surface area contributed by atoms with Crippen LogP contribution in [0.2, 0.25) is 0 Å². The number of ether oxygens (including phenoxy) is 1. The minimum Gasteiger partial charge on any atom is -0.464 e. The number of rotatable bonds is 4. The van der Waals surface area contributed by atoms with Crippen LogP contribution in [0.25, 0.3) is 0 Å². The second kappa shape index (κ2) is 5.23.